The zero-order valence-electron chi connectivity index (χ0n) is 25.2. The van der Waals surface area contributed by atoms with Crippen molar-refractivity contribution < 1.29 is 52.7 Å². The van der Waals surface area contributed by atoms with E-state index in [1.807, 2.05) is 20.8 Å². The molecule has 0 fully saturated rings. The molecule has 6 unspecified atom stereocenters. The van der Waals surface area contributed by atoms with Gasteiger partial charge in [-0.05, 0) is 64.7 Å². The van der Waals surface area contributed by atoms with Gasteiger partial charge in [0.2, 0.25) is 0 Å². The van der Waals surface area contributed by atoms with Gasteiger partial charge in [0, 0.05) is 11.8 Å². The molecule has 41 heavy (non-hydrogen) atoms. The summed E-state index contributed by atoms with van der Waals surface area (Å²) in [5.74, 6) is -3.25. The maximum atomic E-state index is 12.5. The normalized spacial score (nSPS) is 16.1. The van der Waals surface area contributed by atoms with E-state index in [1.54, 1.807) is 34.6 Å². The Hall–Kier alpha value is -3.54. The molecule has 0 bridgehead atoms. The van der Waals surface area contributed by atoms with Crippen LogP contribution in [0.4, 0.5) is 14.4 Å². The fraction of sp³-hybridized carbons (Fsp3) is 0.655. The van der Waals surface area contributed by atoms with E-state index in [2.05, 4.69) is 0 Å². The van der Waals surface area contributed by atoms with Crippen molar-refractivity contribution in [2.24, 2.45) is 11.7 Å². The van der Waals surface area contributed by atoms with Crippen molar-refractivity contribution in [1.82, 2.24) is 0 Å². The van der Waals surface area contributed by atoms with E-state index in [4.69, 9.17) is 34.2 Å². The van der Waals surface area contributed by atoms with E-state index in [9.17, 15) is 24.3 Å². The third-order valence-electron chi connectivity index (χ3n) is 6.74. The van der Waals surface area contributed by atoms with Gasteiger partial charge in [0.1, 0.15) is 30.5 Å². The molecule has 1 rings (SSSR count). The maximum absolute atomic E-state index is 12.5. The molecule has 1 aromatic rings. The van der Waals surface area contributed by atoms with Crippen LogP contribution in [0.3, 0.4) is 0 Å². The molecular weight excluding hydrogens is 538 g/mol. The van der Waals surface area contributed by atoms with Crippen molar-refractivity contribution in [2.75, 3.05) is 0 Å². The molecule has 0 radical (unpaired) electrons. The first-order valence-electron chi connectivity index (χ1n) is 14.0. The maximum Gasteiger partial charge on any atom is 0.514 e. The Balaban J connectivity index is 3.40. The molecule has 3 N–H and O–H groups in total. The second kappa shape index (κ2) is 17.3. The van der Waals surface area contributed by atoms with Gasteiger partial charge < -0.3 is 39.3 Å². The van der Waals surface area contributed by atoms with Gasteiger partial charge >= 0.3 is 24.4 Å². The Kier molecular flexibility index (Phi) is 15.0. The van der Waals surface area contributed by atoms with Crippen molar-refractivity contribution in [3.05, 3.63) is 23.8 Å². The number of ether oxygens (including phenoxy) is 6. The van der Waals surface area contributed by atoms with Crippen LogP contribution in [0.2, 0.25) is 0 Å². The van der Waals surface area contributed by atoms with Crippen molar-refractivity contribution in [3.63, 3.8) is 0 Å². The summed E-state index contributed by atoms with van der Waals surface area (Å²) in [5.41, 5.74) is 6.42. The standard InChI is InChI=1S/C29H45NO11/c1-9-12-18(6)38-27(33)39-20(8)19(7)24(25(30)26(31)32)21-13-14-22(40-28(34)36-16(4)10-2)23(15-21)41-29(35)37-17(5)11-3/h13-20,24-25H,9-12,30H2,1-8H3,(H,31,32)/t16?,17?,18?,19?,20?,24?,25-/m0/s1. The summed E-state index contributed by atoms with van der Waals surface area (Å²) in [5, 5.41) is 9.78. The molecular formula is C29H45NO11. The Labute approximate surface area is 241 Å². The lowest BCUT2D eigenvalue weighted by atomic mass is 9.79. The van der Waals surface area contributed by atoms with Crippen LogP contribution in [0.25, 0.3) is 0 Å². The molecule has 0 amide bonds. The van der Waals surface area contributed by atoms with Gasteiger partial charge in [-0.25, -0.2) is 14.4 Å². The highest BCUT2D eigenvalue weighted by Crippen LogP contribution is 2.37. The monoisotopic (exact) mass is 583 g/mol. The first kappa shape index (κ1) is 35.5. The van der Waals surface area contributed by atoms with E-state index >= 15 is 0 Å². The Morgan fingerprint density at radius 1 is 0.756 bits per heavy atom. The van der Waals surface area contributed by atoms with Crippen LogP contribution in [0, 0.1) is 5.92 Å². The average Bonchev–Trinajstić information content (AvgIpc) is 2.89. The molecule has 0 spiro atoms. The summed E-state index contributed by atoms with van der Waals surface area (Å²) in [7, 11) is 0. The minimum absolute atomic E-state index is 0.156. The SMILES string of the molecule is CCCC(C)OC(=O)OC(C)C(C)C(c1ccc(OC(=O)OC(C)CC)c(OC(=O)OC(C)CC)c1)[C@H](N)C(=O)O. The summed E-state index contributed by atoms with van der Waals surface area (Å²) in [4.78, 5) is 49.1. The number of hydrogen-bond donors (Lipinski definition) is 2. The molecule has 0 aromatic heterocycles. The van der Waals surface area contributed by atoms with Gasteiger partial charge in [-0.15, -0.1) is 0 Å². The quantitative estimate of drug-likeness (QED) is 0.137. The zero-order chi connectivity index (χ0) is 31.3. The number of carboxylic acid groups (broad SMARTS) is 1. The van der Waals surface area contributed by atoms with Gasteiger partial charge in [0.05, 0.1) is 0 Å². The smallest absolute Gasteiger partial charge is 0.480 e. The van der Waals surface area contributed by atoms with Crippen molar-refractivity contribution in [3.8, 4) is 11.5 Å². The molecule has 12 heteroatoms. The summed E-state index contributed by atoms with van der Waals surface area (Å²) in [6.07, 6.45) is -2.41. The van der Waals surface area contributed by atoms with Gasteiger partial charge in [0.25, 0.3) is 0 Å². The molecule has 0 aliphatic carbocycles. The molecule has 0 aliphatic rings. The third-order valence-corrected chi connectivity index (χ3v) is 6.74. The highest BCUT2D eigenvalue weighted by molar-refractivity contribution is 5.75. The lowest BCUT2D eigenvalue weighted by Crippen LogP contribution is -2.42. The second-order valence-electron chi connectivity index (χ2n) is 10.1. The summed E-state index contributed by atoms with van der Waals surface area (Å²) >= 11 is 0. The molecule has 232 valence electrons. The molecule has 12 nitrogen and oxygen atoms in total. The molecule has 0 saturated carbocycles. The summed E-state index contributed by atoms with van der Waals surface area (Å²) < 4.78 is 31.7. The van der Waals surface area contributed by atoms with E-state index in [0.717, 1.165) is 6.42 Å². The lowest BCUT2D eigenvalue weighted by Gasteiger charge is -2.31. The predicted molar refractivity (Wildman–Crippen MR) is 149 cm³/mol. The van der Waals surface area contributed by atoms with Crippen molar-refractivity contribution in [2.45, 2.75) is 117 Å². The number of aliphatic carboxylic acids is 1. The van der Waals surface area contributed by atoms with Crippen LogP contribution in [0.1, 0.15) is 92.6 Å². The molecule has 1 aromatic carbocycles. The molecule has 0 aliphatic heterocycles. The topological polar surface area (TPSA) is 170 Å². The van der Waals surface area contributed by atoms with E-state index in [-0.39, 0.29) is 17.6 Å². The fourth-order valence-corrected chi connectivity index (χ4v) is 3.82. The first-order chi connectivity index (χ1) is 19.2. The van der Waals surface area contributed by atoms with E-state index < -0.39 is 60.6 Å². The van der Waals surface area contributed by atoms with Crippen LogP contribution >= 0.6 is 0 Å². The van der Waals surface area contributed by atoms with Gasteiger partial charge in [-0.1, -0.05) is 40.2 Å². The van der Waals surface area contributed by atoms with Crippen LogP contribution in [0.5, 0.6) is 11.5 Å². The number of rotatable bonds is 15. The highest BCUT2D eigenvalue weighted by atomic mass is 16.8. The van der Waals surface area contributed by atoms with Crippen molar-refractivity contribution in [1.29, 1.82) is 0 Å². The van der Waals surface area contributed by atoms with E-state index in [0.29, 0.717) is 24.8 Å². The Morgan fingerprint density at radius 2 is 1.27 bits per heavy atom. The minimum atomic E-state index is -1.44. The van der Waals surface area contributed by atoms with E-state index in [1.165, 1.54) is 18.2 Å². The summed E-state index contributed by atoms with van der Waals surface area (Å²) in [6, 6.07) is 2.71. The number of carboxylic acids is 1. The number of nitrogens with two attached hydrogens (primary N) is 1. The number of benzene rings is 1. The first-order valence-corrected chi connectivity index (χ1v) is 14.0. The van der Waals surface area contributed by atoms with Gasteiger partial charge in [-0.2, -0.15) is 0 Å². The number of carbonyl (C=O) groups excluding carboxylic acids is 3. The third kappa shape index (κ3) is 11.8. The largest absolute Gasteiger partial charge is 0.514 e. The minimum Gasteiger partial charge on any atom is -0.480 e. The molecule has 0 heterocycles. The van der Waals surface area contributed by atoms with Crippen LogP contribution in [-0.2, 0) is 23.7 Å². The number of carbonyl (C=O) groups is 4. The van der Waals surface area contributed by atoms with Crippen LogP contribution in [0.15, 0.2) is 18.2 Å². The second-order valence-corrected chi connectivity index (χ2v) is 10.1. The Morgan fingerprint density at radius 3 is 1.76 bits per heavy atom. The lowest BCUT2D eigenvalue weighted by molar-refractivity contribution is -0.139. The zero-order valence-corrected chi connectivity index (χ0v) is 25.2. The van der Waals surface area contributed by atoms with Crippen LogP contribution in [-0.4, -0.2) is 60.0 Å². The predicted octanol–water partition coefficient (Wildman–Crippen LogP) is 6.18. The summed E-state index contributed by atoms with van der Waals surface area (Å²) in [6.45, 7) is 14.0. The average molecular weight is 584 g/mol. The van der Waals surface area contributed by atoms with Crippen molar-refractivity contribution >= 4 is 24.4 Å². The fourth-order valence-electron chi connectivity index (χ4n) is 3.82. The number of hydrogen-bond acceptors (Lipinski definition) is 11. The van der Waals surface area contributed by atoms with Gasteiger partial charge in [-0.3, -0.25) is 4.79 Å². The highest BCUT2D eigenvalue weighted by Gasteiger charge is 2.36. The molecule has 0 saturated heterocycles. The van der Waals surface area contributed by atoms with Gasteiger partial charge in [0.15, 0.2) is 11.5 Å². The Bertz CT molecular complexity index is 1010. The van der Waals surface area contributed by atoms with Crippen LogP contribution < -0.4 is 15.2 Å². The molecule has 7 atom stereocenters.